The molecule has 2 rings (SSSR count). The van der Waals surface area contributed by atoms with Crippen molar-refractivity contribution in [2.45, 2.75) is 54.9 Å². The summed E-state index contributed by atoms with van der Waals surface area (Å²) in [5, 5.41) is 0. The Balaban J connectivity index is 0. The summed E-state index contributed by atoms with van der Waals surface area (Å²) in [4.78, 5) is 0. The average molecular weight is 456 g/mol. The Morgan fingerprint density at radius 3 is 1.69 bits per heavy atom. The fourth-order valence-corrected chi connectivity index (χ4v) is 2.60. The van der Waals surface area contributed by atoms with Gasteiger partial charge in [-0.1, -0.05) is 127 Å². The highest BCUT2D eigenvalue weighted by molar-refractivity contribution is 9.10. The smallest absolute Gasteiger partial charge is 0.0253 e. The zero-order chi connectivity index (χ0) is 22.7. The summed E-state index contributed by atoms with van der Waals surface area (Å²) in [6.07, 6.45) is 11.2. The third-order valence-electron chi connectivity index (χ3n) is 3.69. The van der Waals surface area contributed by atoms with E-state index in [4.69, 9.17) is 0 Å². The minimum atomic E-state index is 1.07. The summed E-state index contributed by atoms with van der Waals surface area (Å²) in [6, 6.07) is 14.4. The van der Waals surface area contributed by atoms with Gasteiger partial charge in [-0.25, -0.2) is 0 Å². The molecule has 0 amide bonds. The Morgan fingerprint density at radius 2 is 1.41 bits per heavy atom. The first-order valence-electron chi connectivity index (χ1n) is 10.1. The first kappa shape index (κ1) is 29.1. The highest BCUT2D eigenvalue weighted by Gasteiger charge is 2.02. The van der Waals surface area contributed by atoms with Gasteiger partial charge in [0.1, 0.15) is 0 Å². The van der Waals surface area contributed by atoms with Crippen LogP contribution in [0.5, 0.6) is 0 Å². The van der Waals surface area contributed by atoms with Gasteiger partial charge in [-0.3, -0.25) is 0 Å². The topological polar surface area (TPSA) is 0 Å². The van der Waals surface area contributed by atoms with Crippen molar-refractivity contribution < 1.29 is 0 Å². The van der Waals surface area contributed by atoms with Gasteiger partial charge in [0.05, 0.1) is 0 Å². The summed E-state index contributed by atoms with van der Waals surface area (Å²) in [5.74, 6) is 0. The summed E-state index contributed by atoms with van der Waals surface area (Å²) in [6.45, 7) is 22.1. The van der Waals surface area contributed by atoms with E-state index in [-0.39, 0.29) is 0 Å². The Kier molecular flexibility index (Phi) is 19.3. The molecular weight excluding hydrogens is 416 g/mol. The quantitative estimate of drug-likeness (QED) is 0.404. The number of rotatable bonds is 3. The van der Waals surface area contributed by atoms with Gasteiger partial charge in [0.15, 0.2) is 0 Å². The molecule has 0 aliphatic carbocycles. The monoisotopic (exact) mass is 454 g/mol. The van der Waals surface area contributed by atoms with Crippen molar-refractivity contribution in [1.29, 1.82) is 0 Å². The first-order valence-corrected chi connectivity index (χ1v) is 10.9. The van der Waals surface area contributed by atoms with Crippen molar-refractivity contribution >= 4 is 28.1 Å². The number of benzene rings is 2. The molecule has 0 nitrogen and oxygen atoms in total. The van der Waals surface area contributed by atoms with Gasteiger partial charge in [-0.15, -0.1) is 0 Å². The van der Waals surface area contributed by atoms with E-state index in [2.05, 4.69) is 94.1 Å². The van der Waals surface area contributed by atoms with Crippen LogP contribution in [0.2, 0.25) is 0 Å². The molecule has 29 heavy (non-hydrogen) atoms. The highest BCUT2D eigenvalue weighted by atomic mass is 79.9. The van der Waals surface area contributed by atoms with E-state index >= 15 is 0 Å². The van der Waals surface area contributed by atoms with E-state index in [1.165, 1.54) is 23.1 Å². The maximum atomic E-state index is 3.77. The van der Waals surface area contributed by atoms with E-state index in [1.54, 1.807) is 0 Å². The lowest BCUT2D eigenvalue weighted by Crippen LogP contribution is -1.86. The average Bonchev–Trinajstić information content (AvgIpc) is 2.71. The second kappa shape index (κ2) is 19.2. The van der Waals surface area contributed by atoms with E-state index in [0.29, 0.717) is 0 Å². The zero-order valence-corrected chi connectivity index (χ0v) is 21.0. The minimum absolute atomic E-state index is 1.07. The van der Waals surface area contributed by atoms with Crippen LogP contribution in [-0.2, 0) is 0 Å². The van der Waals surface area contributed by atoms with Gasteiger partial charge in [0.25, 0.3) is 0 Å². The minimum Gasteiger partial charge on any atom is -0.0984 e. The molecule has 1 heteroatoms. The fraction of sp³-hybridized carbons (Fsp3) is 0.286. The van der Waals surface area contributed by atoms with Crippen molar-refractivity contribution in [2.75, 3.05) is 0 Å². The molecule has 0 bridgehead atoms. The standard InChI is InChI=1S/C11H11Br.C7H8.C7H12.C3H8/c1-4-9-8(3)6-7-11(12)10(9)5-2;1-7-5-3-2-4-6-7;1-4-6-7(3)5-2;1-3-2/h4-7H,1-2H2,3H3;2-6H,1H3;4-6H,1-3H3;3H2,1-2H3/b;;6-4-,7-5-;. The Hall–Kier alpha value is -2.12. The lowest BCUT2D eigenvalue weighted by molar-refractivity contribution is 1.09. The Morgan fingerprint density at radius 1 is 0.897 bits per heavy atom. The lowest BCUT2D eigenvalue weighted by atomic mass is 10.0. The number of halogens is 1. The predicted octanol–water partition coefficient (Wildman–Crippen LogP) is 9.98. The zero-order valence-electron chi connectivity index (χ0n) is 19.4. The van der Waals surface area contributed by atoms with E-state index in [0.717, 1.165) is 15.6 Å². The number of allylic oxidation sites excluding steroid dienone is 4. The summed E-state index contributed by atoms with van der Waals surface area (Å²) in [5.41, 5.74) is 6.14. The summed E-state index contributed by atoms with van der Waals surface area (Å²) < 4.78 is 1.07. The Labute approximate surface area is 188 Å². The molecular formula is C28H39Br. The fourth-order valence-electron chi connectivity index (χ4n) is 2.09. The van der Waals surface area contributed by atoms with Crippen molar-refractivity contribution in [3.8, 4) is 0 Å². The molecule has 2 aromatic rings. The van der Waals surface area contributed by atoms with Gasteiger partial charge < -0.3 is 0 Å². The summed E-state index contributed by atoms with van der Waals surface area (Å²) >= 11 is 3.46. The largest absolute Gasteiger partial charge is 0.0984 e. The van der Waals surface area contributed by atoms with Crippen LogP contribution in [0.15, 0.2) is 83.9 Å². The van der Waals surface area contributed by atoms with Crippen LogP contribution in [0.1, 0.15) is 63.3 Å². The lowest BCUT2D eigenvalue weighted by Gasteiger charge is -2.06. The molecule has 0 heterocycles. The molecule has 0 aliphatic heterocycles. The van der Waals surface area contributed by atoms with E-state index < -0.39 is 0 Å². The van der Waals surface area contributed by atoms with E-state index in [1.807, 2.05) is 56.3 Å². The molecule has 0 unspecified atom stereocenters. The molecule has 0 N–H and O–H groups in total. The van der Waals surface area contributed by atoms with Gasteiger partial charge in [0.2, 0.25) is 0 Å². The van der Waals surface area contributed by atoms with Crippen LogP contribution in [-0.4, -0.2) is 0 Å². The molecule has 0 aliphatic rings. The SMILES string of the molecule is C/C=C\C(C)=C/C.C=Cc1c(C)ccc(Br)c1C=C.CCC.Cc1ccccc1. The summed E-state index contributed by atoms with van der Waals surface area (Å²) in [7, 11) is 0. The third kappa shape index (κ3) is 14.5. The molecule has 0 spiro atoms. The van der Waals surface area contributed by atoms with Crippen LogP contribution in [0.25, 0.3) is 12.2 Å². The van der Waals surface area contributed by atoms with Crippen molar-refractivity contribution in [1.82, 2.24) is 0 Å². The normalized spacial score (nSPS) is 9.86. The third-order valence-corrected chi connectivity index (χ3v) is 4.38. The molecule has 2 aromatic carbocycles. The maximum absolute atomic E-state index is 3.77. The van der Waals surface area contributed by atoms with Crippen molar-refractivity contribution in [2.24, 2.45) is 0 Å². The van der Waals surface area contributed by atoms with Gasteiger partial charge in [-0.2, -0.15) is 0 Å². The predicted molar refractivity (Wildman–Crippen MR) is 140 cm³/mol. The van der Waals surface area contributed by atoms with Crippen LogP contribution < -0.4 is 0 Å². The van der Waals surface area contributed by atoms with Gasteiger partial charge in [-0.05, 0) is 57.4 Å². The molecule has 0 atom stereocenters. The number of aryl methyl sites for hydroxylation is 2. The molecule has 0 fully saturated rings. The van der Waals surface area contributed by atoms with Crippen LogP contribution in [0, 0.1) is 13.8 Å². The van der Waals surface area contributed by atoms with Gasteiger partial charge >= 0.3 is 0 Å². The second-order valence-corrected chi connectivity index (χ2v) is 7.35. The van der Waals surface area contributed by atoms with Gasteiger partial charge in [0, 0.05) is 4.47 Å². The van der Waals surface area contributed by atoms with Crippen LogP contribution in [0.4, 0.5) is 0 Å². The maximum Gasteiger partial charge on any atom is 0.0253 e. The molecule has 158 valence electrons. The molecule has 0 saturated heterocycles. The number of hydrogen-bond donors (Lipinski definition) is 0. The molecule has 0 aromatic heterocycles. The van der Waals surface area contributed by atoms with Crippen molar-refractivity contribution in [3.63, 3.8) is 0 Å². The van der Waals surface area contributed by atoms with Crippen LogP contribution in [0.3, 0.4) is 0 Å². The highest BCUT2D eigenvalue weighted by Crippen LogP contribution is 2.25. The second-order valence-electron chi connectivity index (χ2n) is 6.49. The molecule has 0 saturated carbocycles. The molecule has 0 radical (unpaired) electrons. The number of hydrogen-bond acceptors (Lipinski definition) is 0. The van der Waals surface area contributed by atoms with Crippen LogP contribution >= 0.6 is 15.9 Å². The van der Waals surface area contributed by atoms with E-state index in [9.17, 15) is 0 Å². The first-order chi connectivity index (χ1) is 13.8. The van der Waals surface area contributed by atoms with Crippen molar-refractivity contribution in [3.05, 3.63) is 106 Å². The Bertz CT molecular complexity index is 716.